The second-order valence-electron chi connectivity index (χ2n) is 4.60. The first kappa shape index (κ1) is 13.3. The number of rotatable bonds is 4. The van der Waals surface area contributed by atoms with Crippen LogP contribution in [0.25, 0.3) is 11.4 Å². The maximum absolute atomic E-state index is 4.34. The van der Waals surface area contributed by atoms with Crippen LogP contribution in [0.2, 0.25) is 0 Å². The molecule has 0 saturated carbocycles. The third-order valence-corrected chi connectivity index (χ3v) is 3.38. The first-order valence-corrected chi connectivity index (χ1v) is 7.34. The van der Waals surface area contributed by atoms with Gasteiger partial charge in [-0.15, -0.1) is 10.2 Å². The highest BCUT2D eigenvalue weighted by Crippen LogP contribution is 2.22. The van der Waals surface area contributed by atoms with E-state index >= 15 is 0 Å². The highest BCUT2D eigenvalue weighted by Gasteiger charge is 2.12. The number of hydrogen-bond acceptors (Lipinski definition) is 2. The molecule has 18 heavy (non-hydrogen) atoms. The predicted molar refractivity (Wildman–Crippen MR) is 77.9 cm³/mol. The van der Waals surface area contributed by atoms with Gasteiger partial charge in [0.25, 0.3) is 0 Å². The summed E-state index contributed by atoms with van der Waals surface area (Å²) in [4.78, 5) is 0. The summed E-state index contributed by atoms with van der Waals surface area (Å²) in [7, 11) is 0. The van der Waals surface area contributed by atoms with Crippen molar-refractivity contribution in [3.8, 4) is 11.4 Å². The number of halogens is 1. The fourth-order valence-electron chi connectivity index (χ4n) is 2.21. The fraction of sp³-hybridized carbons (Fsp3) is 0.429. The first-order valence-electron chi connectivity index (χ1n) is 6.22. The van der Waals surface area contributed by atoms with Gasteiger partial charge in [-0.05, 0) is 32.4 Å². The standard InChI is InChI=1S/C14H18BrN3/c1-4-5-18-13(9-15)16-17-14(18)12-7-10(2)6-11(3)8-12/h6-8H,4-5,9H2,1-3H3. The van der Waals surface area contributed by atoms with Crippen LogP contribution in [0, 0.1) is 13.8 Å². The molecule has 0 atom stereocenters. The highest BCUT2D eigenvalue weighted by atomic mass is 79.9. The van der Waals surface area contributed by atoms with Crippen molar-refractivity contribution in [1.82, 2.24) is 14.8 Å². The summed E-state index contributed by atoms with van der Waals surface area (Å²) in [5, 5.41) is 9.34. The van der Waals surface area contributed by atoms with Crippen LogP contribution in [0.5, 0.6) is 0 Å². The van der Waals surface area contributed by atoms with Gasteiger partial charge >= 0.3 is 0 Å². The topological polar surface area (TPSA) is 30.7 Å². The van der Waals surface area contributed by atoms with Crippen LogP contribution in [0.15, 0.2) is 18.2 Å². The molecule has 3 nitrogen and oxygen atoms in total. The molecule has 2 aromatic rings. The summed E-state index contributed by atoms with van der Waals surface area (Å²) in [5.74, 6) is 1.96. The summed E-state index contributed by atoms with van der Waals surface area (Å²) in [5.41, 5.74) is 3.67. The van der Waals surface area contributed by atoms with E-state index in [1.54, 1.807) is 0 Å². The summed E-state index contributed by atoms with van der Waals surface area (Å²) >= 11 is 3.47. The zero-order valence-corrected chi connectivity index (χ0v) is 12.7. The largest absolute Gasteiger partial charge is 0.310 e. The van der Waals surface area contributed by atoms with Crippen LogP contribution in [0.4, 0.5) is 0 Å². The van der Waals surface area contributed by atoms with E-state index < -0.39 is 0 Å². The molecule has 0 spiro atoms. The first-order chi connectivity index (χ1) is 8.65. The maximum Gasteiger partial charge on any atom is 0.163 e. The maximum atomic E-state index is 4.34. The second kappa shape index (κ2) is 5.65. The molecule has 0 N–H and O–H groups in total. The van der Waals surface area contributed by atoms with Gasteiger partial charge in [0.2, 0.25) is 0 Å². The van der Waals surface area contributed by atoms with E-state index in [4.69, 9.17) is 0 Å². The third-order valence-electron chi connectivity index (χ3n) is 2.87. The van der Waals surface area contributed by atoms with Crippen molar-refractivity contribution in [1.29, 1.82) is 0 Å². The van der Waals surface area contributed by atoms with Gasteiger partial charge in [0, 0.05) is 12.1 Å². The fourth-order valence-corrected chi connectivity index (χ4v) is 2.62. The molecule has 0 bridgehead atoms. The Labute approximate surface area is 116 Å². The van der Waals surface area contributed by atoms with Gasteiger partial charge in [-0.25, -0.2) is 0 Å². The van der Waals surface area contributed by atoms with Gasteiger partial charge in [0.1, 0.15) is 5.82 Å². The number of alkyl halides is 1. The Morgan fingerprint density at radius 2 is 1.78 bits per heavy atom. The summed E-state index contributed by atoms with van der Waals surface area (Å²) in [6, 6.07) is 6.51. The number of aromatic nitrogens is 3. The van der Waals surface area contributed by atoms with Crippen molar-refractivity contribution in [3.63, 3.8) is 0 Å². The van der Waals surface area contributed by atoms with E-state index in [0.29, 0.717) is 0 Å². The number of aryl methyl sites for hydroxylation is 2. The van der Waals surface area contributed by atoms with E-state index in [0.717, 1.165) is 35.5 Å². The minimum atomic E-state index is 0.741. The molecule has 0 radical (unpaired) electrons. The van der Waals surface area contributed by atoms with Crippen molar-refractivity contribution < 1.29 is 0 Å². The zero-order chi connectivity index (χ0) is 13.1. The van der Waals surface area contributed by atoms with Gasteiger partial charge in [0.15, 0.2) is 5.82 Å². The summed E-state index contributed by atoms with van der Waals surface area (Å²) in [6.45, 7) is 7.35. The van der Waals surface area contributed by atoms with Gasteiger partial charge < -0.3 is 4.57 Å². The molecule has 0 aliphatic rings. The molecule has 0 fully saturated rings. The lowest BCUT2D eigenvalue weighted by atomic mass is 10.1. The van der Waals surface area contributed by atoms with Gasteiger partial charge in [-0.2, -0.15) is 0 Å². The van der Waals surface area contributed by atoms with E-state index in [2.05, 4.69) is 69.7 Å². The van der Waals surface area contributed by atoms with E-state index in [-0.39, 0.29) is 0 Å². The monoisotopic (exact) mass is 307 g/mol. The Hall–Kier alpha value is -1.16. The summed E-state index contributed by atoms with van der Waals surface area (Å²) in [6.07, 6.45) is 1.08. The van der Waals surface area contributed by atoms with E-state index in [1.807, 2.05) is 0 Å². The Morgan fingerprint density at radius 1 is 1.11 bits per heavy atom. The molecule has 96 valence electrons. The Bertz CT molecular complexity index is 526. The molecule has 4 heteroatoms. The molecule has 0 saturated heterocycles. The van der Waals surface area contributed by atoms with Crippen molar-refractivity contribution in [2.24, 2.45) is 0 Å². The van der Waals surface area contributed by atoms with Gasteiger partial charge in [0.05, 0.1) is 5.33 Å². The van der Waals surface area contributed by atoms with Crippen LogP contribution in [0.3, 0.4) is 0 Å². The van der Waals surface area contributed by atoms with E-state index in [9.17, 15) is 0 Å². The Morgan fingerprint density at radius 3 is 2.33 bits per heavy atom. The van der Waals surface area contributed by atoms with Crippen LogP contribution < -0.4 is 0 Å². The Balaban J connectivity index is 2.52. The van der Waals surface area contributed by atoms with E-state index in [1.165, 1.54) is 11.1 Å². The summed E-state index contributed by atoms with van der Waals surface area (Å²) < 4.78 is 2.20. The second-order valence-corrected chi connectivity index (χ2v) is 5.16. The van der Waals surface area contributed by atoms with Crippen LogP contribution >= 0.6 is 15.9 Å². The van der Waals surface area contributed by atoms with Crippen LogP contribution in [0.1, 0.15) is 30.3 Å². The SMILES string of the molecule is CCCn1c(CBr)nnc1-c1cc(C)cc(C)c1. The molecule has 1 aromatic heterocycles. The smallest absolute Gasteiger partial charge is 0.163 e. The number of hydrogen-bond donors (Lipinski definition) is 0. The van der Waals surface area contributed by atoms with Crippen LogP contribution in [-0.4, -0.2) is 14.8 Å². The molecule has 2 rings (SSSR count). The average molecular weight is 308 g/mol. The van der Waals surface area contributed by atoms with Crippen molar-refractivity contribution in [2.75, 3.05) is 0 Å². The zero-order valence-electron chi connectivity index (χ0n) is 11.1. The molecule has 0 aliphatic heterocycles. The van der Waals surface area contributed by atoms with Crippen molar-refractivity contribution in [2.45, 2.75) is 39.1 Å². The number of benzene rings is 1. The van der Waals surface area contributed by atoms with Crippen molar-refractivity contribution in [3.05, 3.63) is 35.2 Å². The lowest BCUT2D eigenvalue weighted by Gasteiger charge is -2.09. The molecule has 0 amide bonds. The lowest BCUT2D eigenvalue weighted by Crippen LogP contribution is -2.04. The number of nitrogens with zero attached hydrogens (tertiary/aromatic N) is 3. The van der Waals surface area contributed by atoms with Crippen molar-refractivity contribution >= 4 is 15.9 Å². The predicted octanol–water partition coefficient (Wildman–Crippen LogP) is 3.87. The molecular formula is C14H18BrN3. The van der Waals surface area contributed by atoms with Gasteiger partial charge in [-0.1, -0.05) is 40.0 Å². The molecule has 1 aromatic carbocycles. The lowest BCUT2D eigenvalue weighted by molar-refractivity contribution is 0.661. The quantitative estimate of drug-likeness (QED) is 0.803. The average Bonchev–Trinajstić information content (AvgIpc) is 2.71. The Kier molecular flexibility index (Phi) is 4.17. The third kappa shape index (κ3) is 2.64. The molecule has 0 aliphatic carbocycles. The highest BCUT2D eigenvalue weighted by molar-refractivity contribution is 9.08. The van der Waals surface area contributed by atoms with Gasteiger partial charge in [-0.3, -0.25) is 0 Å². The molecule has 1 heterocycles. The normalized spacial score (nSPS) is 10.9. The minimum Gasteiger partial charge on any atom is -0.310 e. The molecule has 0 unspecified atom stereocenters. The minimum absolute atomic E-state index is 0.741. The van der Waals surface area contributed by atoms with Crippen LogP contribution in [-0.2, 0) is 11.9 Å². The molecular weight excluding hydrogens is 290 g/mol.